The highest BCUT2D eigenvalue weighted by Gasteiger charge is 2.19. The van der Waals surface area contributed by atoms with Crippen molar-refractivity contribution in [2.24, 2.45) is 5.10 Å². The first kappa shape index (κ1) is 31.4. The second-order valence-electron chi connectivity index (χ2n) is 10.6. The number of non-ortho nitro benzene ring substituents is 1. The van der Waals surface area contributed by atoms with Crippen molar-refractivity contribution in [2.75, 3.05) is 14.2 Å². The molecule has 0 aliphatic carbocycles. The molecule has 5 rings (SSSR count). The van der Waals surface area contributed by atoms with E-state index < -0.39 is 4.92 Å². The van der Waals surface area contributed by atoms with E-state index in [0.717, 1.165) is 28.0 Å². The molecule has 1 aromatic heterocycles. The van der Waals surface area contributed by atoms with Crippen LogP contribution in [0.25, 0.3) is 22.3 Å². The molecule has 0 saturated carbocycles. The van der Waals surface area contributed by atoms with Crippen LogP contribution in [0.15, 0.2) is 87.2 Å². The van der Waals surface area contributed by atoms with Crippen molar-refractivity contribution in [3.63, 3.8) is 0 Å². The second kappa shape index (κ2) is 13.3. The van der Waals surface area contributed by atoms with Gasteiger partial charge in [0.05, 0.1) is 36.3 Å². The molecule has 0 unspecified atom stereocenters. The van der Waals surface area contributed by atoms with E-state index >= 15 is 0 Å². The molecule has 0 N–H and O–H groups in total. The van der Waals surface area contributed by atoms with Gasteiger partial charge in [-0.2, -0.15) is 9.78 Å². The van der Waals surface area contributed by atoms with Gasteiger partial charge in [0.25, 0.3) is 11.2 Å². The van der Waals surface area contributed by atoms with Crippen LogP contribution in [-0.4, -0.2) is 35.0 Å². The smallest absolute Gasteiger partial charge is 0.282 e. The molecule has 0 aliphatic heterocycles. The fourth-order valence-electron chi connectivity index (χ4n) is 4.95. The summed E-state index contributed by atoms with van der Waals surface area (Å²) in [6, 6.07) is 20.8. The highest BCUT2D eigenvalue weighted by Crippen LogP contribution is 2.36. The molecule has 5 aromatic rings. The van der Waals surface area contributed by atoms with Gasteiger partial charge < -0.3 is 14.2 Å². The Morgan fingerprint density at radius 2 is 1.73 bits per heavy atom. The lowest BCUT2D eigenvalue weighted by Gasteiger charge is -2.17. The van der Waals surface area contributed by atoms with Crippen LogP contribution in [-0.2, 0) is 6.61 Å². The third-order valence-electron chi connectivity index (χ3n) is 7.30. The van der Waals surface area contributed by atoms with Crippen LogP contribution in [0, 0.1) is 17.0 Å². The number of hydrogen-bond acceptors (Lipinski definition) is 8. The molecule has 230 valence electrons. The van der Waals surface area contributed by atoms with Crippen molar-refractivity contribution in [3.05, 3.63) is 120 Å². The Hall–Kier alpha value is -5.03. The van der Waals surface area contributed by atoms with Crippen molar-refractivity contribution in [1.29, 1.82) is 0 Å². The zero-order valence-corrected chi connectivity index (χ0v) is 27.0. The van der Waals surface area contributed by atoms with Crippen LogP contribution in [0.3, 0.4) is 0 Å². The average Bonchev–Trinajstić information content (AvgIpc) is 3.03. The van der Waals surface area contributed by atoms with Crippen molar-refractivity contribution in [2.45, 2.75) is 33.3 Å². The Morgan fingerprint density at radius 3 is 2.40 bits per heavy atom. The Morgan fingerprint density at radius 1 is 1.02 bits per heavy atom. The molecule has 0 fully saturated rings. The lowest BCUT2D eigenvalue weighted by atomic mass is 9.96. The van der Waals surface area contributed by atoms with Crippen LogP contribution < -0.4 is 19.8 Å². The van der Waals surface area contributed by atoms with E-state index in [1.165, 1.54) is 30.1 Å². The maximum Gasteiger partial charge on any atom is 0.282 e. The van der Waals surface area contributed by atoms with Gasteiger partial charge in [-0.3, -0.25) is 14.9 Å². The summed E-state index contributed by atoms with van der Waals surface area (Å²) in [7, 11) is 3.17. The predicted octanol–water partition coefficient (Wildman–Crippen LogP) is 7.64. The molecule has 0 amide bonds. The largest absolute Gasteiger partial charge is 0.496 e. The Labute approximate surface area is 268 Å². The van der Waals surface area contributed by atoms with Gasteiger partial charge in [-0.15, -0.1) is 0 Å². The molecule has 0 saturated heterocycles. The molecule has 0 bridgehead atoms. The number of nitro benzene ring substituents is 1. The Kier molecular flexibility index (Phi) is 9.29. The van der Waals surface area contributed by atoms with Crippen LogP contribution in [0.4, 0.5) is 5.69 Å². The lowest BCUT2D eigenvalue weighted by Crippen LogP contribution is -2.21. The van der Waals surface area contributed by atoms with Gasteiger partial charge >= 0.3 is 0 Å². The number of halogens is 1. The number of nitrogens with zero attached hydrogens (tertiary/aromatic N) is 4. The minimum Gasteiger partial charge on any atom is -0.496 e. The first-order valence-corrected chi connectivity index (χ1v) is 14.9. The van der Waals surface area contributed by atoms with Gasteiger partial charge in [0, 0.05) is 27.7 Å². The summed E-state index contributed by atoms with van der Waals surface area (Å²) < 4.78 is 19.4. The normalized spacial score (nSPS) is 11.4. The number of ether oxygens (including phenoxy) is 3. The third-order valence-corrected chi connectivity index (χ3v) is 7.76. The molecule has 11 heteroatoms. The van der Waals surface area contributed by atoms with Crippen molar-refractivity contribution in [1.82, 2.24) is 9.66 Å². The summed E-state index contributed by atoms with van der Waals surface area (Å²) in [5, 5.41) is 16.2. The maximum absolute atomic E-state index is 13.9. The molecular weight excluding hydrogens is 640 g/mol. The lowest BCUT2D eigenvalue weighted by molar-refractivity contribution is -0.384. The molecule has 0 radical (unpaired) electrons. The summed E-state index contributed by atoms with van der Waals surface area (Å²) in [6.07, 6.45) is 1.53. The van der Waals surface area contributed by atoms with Gasteiger partial charge in [0.2, 0.25) is 0 Å². The molecule has 1 heterocycles. The van der Waals surface area contributed by atoms with E-state index in [2.05, 4.69) is 34.9 Å². The van der Waals surface area contributed by atoms with Gasteiger partial charge in [-0.1, -0.05) is 41.9 Å². The Balaban J connectivity index is 1.64. The summed E-state index contributed by atoms with van der Waals surface area (Å²) in [5.41, 5.74) is 4.08. The van der Waals surface area contributed by atoms with E-state index in [4.69, 9.17) is 19.2 Å². The standard InChI is InChI=1S/C34H31BrN4O6/c1-20(2)27-17-28(21(3)14-30(27)43-4)33-37-29-9-7-6-8-26(29)34(40)38(33)36-18-23-15-24(35)16-31(44-5)32(23)45-19-22-10-12-25(13-11-22)39(41)42/h6-18,20H,19H2,1-5H3. The zero-order valence-electron chi connectivity index (χ0n) is 25.4. The number of aryl methyl sites for hydroxylation is 1. The monoisotopic (exact) mass is 670 g/mol. The van der Waals surface area contributed by atoms with Crippen LogP contribution in [0.2, 0.25) is 0 Å². The van der Waals surface area contributed by atoms with Crippen LogP contribution >= 0.6 is 15.9 Å². The number of para-hydroxylation sites is 1. The number of benzene rings is 4. The van der Waals surface area contributed by atoms with Gasteiger partial charge in [-0.25, -0.2) is 4.98 Å². The quantitative estimate of drug-likeness (QED) is 0.0851. The summed E-state index contributed by atoms with van der Waals surface area (Å²) in [6.45, 7) is 6.22. The minimum absolute atomic E-state index is 0.00866. The van der Waals surface area contributed by atoms with E-state index in [0.29, 0.717) is 38.3 Å². The summed E-state index contributed by atoms with van der Waals surface area (Å²) in [4.78, 5) is 29.4. The van der Waals surface area contributed by atoms with E-state index in [1.54, 1.807) is 49.6 Å². The zero-order chi connectivity index (χ0) is 32.2. The number of methoxy groups -OCH3 is 2. The molecule has 0 aliphatic rings. The highest BCUT2D eigenvalue weighted by atomic mass is 79.9. The molecular formula is C34H31BrN4O6. The van der Waals surface area contributed by atoms with Crippen LogP contribution in [0.5, 0.6) is 17.2 Å². The van der Waals surface area contributed by atoms with Crippen LogP contribution in [0.1, 0.15) is 42.0 Å². The number of hydrogen-bond donors (Lipinski definition) is 0. The molecule has 0 spiro atoms. The second-order valence-corrected chi connectivity index (χ2v) is 11.5. The predicted molar refractivity (Wildman–Crippen MR) is 178 cm³/mol. The maximum atomic E-state index is 13.9. The van der Waals surface area contributed by atoms with Crippen molar-refractivity contribution in [3.8, 4) is 28.6 Å². The first-order valence-electron chi connectivity index (χ1n) is 14.1. The van der Waals surface area contributed by atoms with Gasteiger partial charge in [-0.05, 0) is 78.1 Å². The minimum atomic E-state index is -0.453. The highest BCUT2D eigenvalue weighted by molar-refractivity contribution is 9.10. The fourth-order valence-corrected chi connectivity index (χ4v) is 5.41. The Bertz CT molecular complexity index is 1990. The fraction of sp³-hybridized carbons (Fsp3) is 0.206. The average molecular weight is 672 g/mol. The topological polar surface area (TPSA) is 118 Å². The van der Waals surface area contributed by atoms with Gasteiger partial charge in [0.15, 0.2) is 17.3 Å². The summed E-state index contributed by atoms with van der Waals surface area (Å²) in [5.74, 6) is 2.12. The van der Waals surface area contributed by atoms with E-state index in [1.807, 2.05) is 25.1 Å². The van der Waals surface area contributed by atoms with E-state index in [9.17, 15) is 14.9 Å². The summed E-state index contributed by atoms with van der Waals surface area (Å²) >= 11 is 3.52. The van der Waals surface area contributed by atoms with Gasteiger partial charge in [0.1, 0.15) is 12.4 Å². The SMILES string of the molecule is COc1cc(C)c(-c2nc3ccccc3c(=O)n2N=Cc2cc(Br)cc(OC)c2OCc2ccc([N+](=O)[O-])cc2)cc1C(C)C. The molecule has 4 aromatic carbocycles. The van der Waals surface area contributed by atoms with Crippen molar-refractivity contribution < 1.29 is 19.1 Å². The number of fused-ring (bicyclic) bond motifs is 1. The number of aromatic nitrogens is 2. The number of nitro groups is 1. The molecule has 0 atom stereocenters. The molecule has 45 heavy (non-hydrogen) atoms. The third kappa shape index (κ3) is 6.58. The molecule has 10 nitrogen and oxygen atoms in total. The first-order chi connectivity index (χ1) is 21.6. The number of rotatable bonds is 10. The van der Waals surface area contributed by atoms with Crippen molar-refractivity contribution >= 4 is 38.7 Å². The van der Waals surface area contributed by atoms with E-state index in [-0.39, 0.29) is 23.8 Å².